The highest BCUT2D eigenvalue weighted by molar-refractivity contribution is 6.07. The molecule has 2 amide bonds. The summed E-state index contributed by atoms with van der Waals surface area (Å²) < 4.78 is 15.8. The van der Waals surface area contributed by atoms with Crippen molar-refractivity contribution in [3.8, 4) is 17.6 Å². The van der Waals surface area contributed by atoms with Gasteiger partial charge in [0.1, 0.15) is 12.6 Å². The minimum absolute atomic E-state index is 0.0303. The van der Waals surface area contributed by atoms with E-state index in [2.05, 4.69) is 17.2 Å². The number of nitrogens with one attached hydrogen (secondary N) is 1. The predicted molar refractivity (Wildman–Crippen MR) is 143 cm³/mol. The van der Waals surface area contributed by atoms with Gasteiger partial charge >= 0.3 is 0 Å². The number of likely N-dealkylation sites (tertiary alicyclic amines) is 1. The summed E-state index contributed by atoms with van der Waals surface area (Å²) in [7, 11) is 0. The second-order valence-electron chi connectivity index (χ2n) is 9.39. The molecule has 196 valence electrons. The van der Waals surface area contributed by atoms with Crippen LogP contribution in [0.3, 0.4) is 0 Å². The Balaban J connectivity index is 1.52. The Morgan fingerprint density at radius 3 is 2.74 bits per heavy atom. The summed E-state index contributed by atoms with van der Waals surface area (Å²) in [6.07, 6.45) is 4.77. The van der Waals surface area contributed by atoms with Crippen molar-refractivity contribution in [2.45, 2.75) is 52.7 Å². The number of benzene rings is 2. The first kappa shape index (κ1) is 26.7. The fourth-order valence-corrected chi connectivity index (χ4v) is 4.61. The average Bonchev–Trinajstić information content (AvgIpc) is 3.53. The van der Waals surface area contributed by atoms with E-state index in [0.29, 0.717) is 24.9 Å². The van der Waals surface area contributed by atoms with Crippen LogP contribution in [0.2, 0.25) is 0 Å². The number of Topliss-reactive ketones (excluding diaryl/α,β-unsaturated/α-hetero) is 1. The average molecular weight is 516 g/mol. The molecule has 1 saturated heterocycles. The lowest BCUT2D eigenvalue weighted by Gasteiger charge is -2.24. The third-order valence-electron chi connectivity index (χ3n) is 6.79. The largest absolute Gasteiger partial charge is 0.505 e. The number of phenolic OH excluding ortho intramolecular Hbond substituents is 1. The summed E-state index contributed by atoms with van der Waals surface area (Å²) in [6.45, 7) is 5.63. The minimum Gasteiger partial charge on any atom is -0.505 e. The lowest BCUT2D eigenvalue weighted by atomic mass is 10.1. The van der Waals surface area contributed by atoms with Crippen molar-refractivity contribution in [1.29, 1.82) is 0 Å². The molecule has 1 fully saturated rings. The zero-order chi connectivity index (χ0) is 27.4. The molecule has 2 heterocycles. The summed E-state index contributed by atoms with van der Waals surface area (Å²) in [5, 5.41) is 13.0. The van der Waals surface area contributed by atoms with Crippen molar-refractivity contribution in [3.05, 3.63) is 76.8 Å². The van der Waals surface area contributed by atoms with Crippen LogP contribution >= 0.6 is 0 Å². The predicted octanol–water partition coefficient (Wildman–Crippen LogP) is 4.31. The van der Waals surface area contributed by atoms with Crippen molar-refractivity contribution in [2.75, 3.05) is 6.54 Å². The Morgan fingerprint density at radius 2 is 2.00 bits per heavy atom. The maximum Gasteiger partial charge on any atom is 0.243 e. The second-order valence-corrected chi connectivity index (χ2v) is 9.39. The Hall–Kier alpha value is -4.38. The van der Waals surface area contributed by atoms with Gasteiger partial charge in [-0.3, -0.25) is 14.4 Å². The quantitative estimate of drug-likeness (QED) is 0.378. The highest BCUT2D eigenvalue weighted by Crippen LogP contribution is 2.25. The van der Waals surface area contributed by atoms with Gasteiger partial charge in [-0.2, -0.15) is 0 Å². The molecule has 1 aliphatic rings. The van der Waals surface area contributed by atoms with Crippen LogP contribution < -0.4 is 5.32 Å². The third kappa shape index (κ3) is 5.62. The molecule has 8 heteroatoms. The Morgan fingerprint density at radius 1 is 1.21 bits per heavy atom. The number of nitrogens with zero attached hydrogens (tertiary/aromatic N) is 2. The lowest BCUT2D eigenvalue weighted by Crippen LogP contribution is -2.46. The van der Waals surface area contributed by atoms with Crippen molar-refractivity contribution in [1.82, 2.24) is 14.8 Å². The monoisotopic (exact) mass is 515 g/mol. The fourth-order valence-electron chi connectivity index (χ4n) is 4.61. The van der Waals surface area contributed by atoms with E-state index >= 15 is 0 Å². The van der Waals surface area contributed by atoms with Crippen molar-refractivity contribution >= 4 is 28.5 Å². The standard InChI is InChI=1S/C30H30FN3O4/c1-4-19(2)10-11-21-12-13-25-23(15-21)24(20(3)35)17-33(25)18-28(37)34-14-6-8-26(34)30(38)32-16-22-7-5-9-27(36)29(22)31/h4-5,7,9,12-13,15,17,26,36H,6,8,14,16,18H2,1-3H3,(H,32,38)/b19-4+/t26-/m0/s1. The van der Waals surface area contributed by atoms with Gasteiger partial charge in [0.2, 0.25) is 11.8 Å². The number of halogens is 1. The third-order valence-corrected chi connectivity index (χ3v) is 6.79. The maximum absolute atomic E-state index is 14.1. The molecule has 2 N–H and O–H groups in total. The van der Waals surface area contributed by atoms with Crippen LogP contribution in [-0.2, 0) is 22.7 Å². The number of rotatable bonds is 6. The molecule has 0 spiro atoms. The Labute approximate surface area is 220 Å². The molecule has 0 aliphatic carbocycles. The number of aromatic nitrogens is 1. The Bertz CT molecular complexity index is 1510. The van der Waals surface area contributed by atoms with Crippen LogP contribution in [0.5, 0.6) is 5.75 Å². The molecule has 0 unspecified atom stereocenters. The summed E-state index contributed by atoms with van der Waals surface area (Å²) in [5.74, 6) is 4.17. The highest BCUT2D eigenvalue weighted by atomic mass is 19.1. The minimum atomic E-state index is -0.779. The van der Waals surface area contributed by atoms with Gasteiger partial charge in [0.15, 0.2) is 17.3 Å². The molecule has 0 saturated carbocycles. The van der Waals surface area contributed by atoms with Gasteiger partial charge in [-0.15, -0.1) is 0 Å². The van der Waals surface area contributed by atoms with E-state index in [1.807, 2.05) is 38.1 Å². The summed E-state index contributed by atoms with van der Waals surface area (Å²) in [4.78, 5) is 40.1. The van der Waals surface area contributed by atoms with E-state index in [4.69, 9.17) is 0 Å². The molecule has 0 radical (unpaired) electrons. The van der Waals surface area contributed by atoms with Crippen LogP contribution in [0.4, 0.5) is 4.39 Å². The summed E-state index contributed by atoms with van der Waals surface area (Å²) in [6, 6.07) is 9.11. The van der Waals surface area contributed by atoms with Gasteiger partial charge in [-0.05, 0) is 63.5 Å². The number of amides is 2. The molecule has 7 nitrogen and oxygen atoms in total. The maximum atomic E-state index is 14.1. The molecule has 1 aromatic heterocycles. The van der Waals surface area contributed by atoms with E-state index in [1.54, 1.807) is 10.8 Å². The first-order valence-corrected chi connectivity index (χ1v) is 12.5. The normalized spacial score (nSPS) is 15.3. The van der Waals surface area contributed by atoms with Crippen LogP contribution in [0.1, 0.15) is 55.1 Å². The summed E-state index contributed by atoms with van der Waals surface area (Å²) >= 11 is 0. The number of carbonyl (C=O) groups excluding carboxylic acids is 3. The molecule has 1 aliphatic heterocycles. The number of allylic oxidation sites excluding steroid dienone is 2. The molecule has 2 aromatic carbocycles. The number of ketones is 1. The van der Waals surface area contributed by atoms with Crippen molar-refractivity contribution in [3.63, 3.8) is 0 Å². The number of phenols is 1. The zero-order valence-corrected chi connectivity index (χ0v) is 21.7. The molecular weight excluding hydrogens is 485 g/mol. The fraction of sp³-hybridized carbons (Fsp3) is 0.300. The van der Waals surface area contributed by atoms with E-state index in [-0.39, 0.29) is 36.3 Å². The first-order chi connectivity index (χ1) is 18.2. The molecular formula is C30H30FN3O4. The van der Waals surface area contributed by atoms with Gasteiger partial charge in [-0.25, -0.2) is 4.39 Å². The lowest BCUT2D eigenvalue weighted by molar-refractivity contribution is -0.138. The summed E-state index contributed by atoms with van der Waals surface area (Å²) in [5.41, 5.74) is 3.11. The van der Waals surface area contributed by atoms with Gasteiger partial charge in [0.25, 0.3) is 0 Å². The number of aromatic hydroxyl groups is 1. The molecule has 1 atom stereocenters. The second kappa shape index (κ2) is 11.3. The van der Waals surface area contributed by atoms with Crippen LogP contribution in [0.15, 0.2) is 54.2 Å². The Kier molecular flexibility index (Phi) is 7.96. The number of fused-ring (bicyclic) bond motifs is 1. The van der Waals surface area contributed by atoms with Crippen LogP contribution in [0.25, 0.3) is 10.9 Å². The van der Waals surface area contributed by atoms with Crippen molar-refractivity contribution in [2.24, 2.45) is 0 Å². The van der Waals surface area contributed by atoms with Gasteiger partial charge in [0.05, 0.1) is 0 Å². The number of hydrogen-bond donors (Lipinski definition) is 2. The molecule has 0 bridgehead atoms. The zero-order valence-electron chi connectivity index (χ0n) is 21.7. The first-order valence-electron chi connectivity index (χ1n) is 12.5. The van der Waals surface area contributed by atoms with E-state index in [1.165, 1.54) is 30.0 Å². The van der Waals surface area contributed by atoms with Gasteiger partial charge < -0.3 is 19.9 Å². The van der Waals surface area contributed by atoms with E-state index < -0.39 is 17.6 Å². The SMILES string of the molecule is C/C=C(\C)C#Cc1ccc2c(c1)c(C(C)=O)cn2CC(=O)N1CCC[C@H]1C(=O)NCc1cccc(O)c1F. The van der Waals surface area contributed by atoms with E-state index in [9.17, 15) is 23.9 Å². The number of carbonyl (C=O) groups is 3. The van der Waals surface area contributed by atoms with Crippen LogP contribution in [-0.4, -0.2) is 44.8 Å². The molecule has 3 aromatic rings. The van der Waals surface area contributed by atoms with Crippen LogP contribution in [0, 0.1) is 17.7 Å². The van der Waals surface area contributed by atoms with E-state index in [0.717, 1.165) is 22.0 Å². The smallest absolute Gasteiger partial charge is 0.243 e. The van der Waals surface area contributed by atoms with Crippen molar-refractivity contribution < 1.29 is 23.9 Å². The molecule has 4 rings (SSSR count). The molecule has 38 heavy (non-hydrogen) atoms. The van der Waals surface area contributed by atoms with Gasteiger partial charge in [-0.1, -0.05) is 30.0 Å². The highest BCUT2D eigenvalue weighted by Gasteiger charge is 2.34. The topological polar surface area (TPSA) is 91.6 Å². The number of hydrogen-bond acceptors (Lipinski definition) is 4. The van der Waals surface area contributed by atoms with Gasteiger partial charge in [0, 0.05) is 46.9 Å².